The molecule has 0 bridgehead atoms. The summed E-state index contributed by atoms with van der Waals surface area (Å²) in [7, 11) is 1.71. The molecule has 1 unspecified atom stereocenters. The van der Waals surface area contributed by atoms with Crippen LogP contribution in [0.4, 0.5) is 4.79 Å². The number of nitrogens with one attached hydrogen (secondary N) is 1. The Bertz CT molecular complexity index is 421. The first-order chi connectivity index (χ1) is 9.54. The molecule has 20 heavy (non-hydrogen) atoms. The van der Waals surface area contributed by atoms with E-state index in [2.05, 4.69) is 5.32 Å². The van der Waals surface area contributed by atoms with Crippen LogP contribution in [0.3, 0.4) is 0 Å². The molecule has 0 fully saturated rings. The molecule has 1 atom stereocenters. The normalized spacial score (nSPS) is 11.8. The van der Waals surface area contributed by atoms with Crippen LogP contribution in [-0.4, -0.2) is 42.3 Å². The number of hydrogen-bond acceptors (Lipinski definition) is 3. The Morgan fingerprint density at radius 1 is 1.45 bits per heavy atom. The molecule has 0 aliphatic rings. The third-order valence-electron chi connectivity index (χ3n) is 2.93. The number of carbonyl (C=O) groups excluding carboxylic acids is 1. The standard InChI is InChI=1S/C15H24N2O3/c1-4-20-14-8-6-5-7-13(14)11-16-15(19)17(3)10-9-12(2)18/h5-8,12,18H,4,9-11H2,1-3H3,(H,16,19). The first kappa shape index (κ1) is 16.3. The van der Waals surface area contributed by atoms with Crippen LogP contribution in [-0.2, 0) is 6.54 Å². The average molecular weight is 280 g/mol. The van der Waals surface area contributed by atoms with Gasteiger partial charge in [-0.3, -0.25) is 0 Å². The number of aliphatic hydroxyl groups is 1. The molecule has 1 aromatic rings. The summed E-state index contributed by atoms with van der Waals surface area (Å²) < 4.78 is 5.51. The number of hydrogen-bond donors (Lipinski definition) is 2. The summed E-state index contributed by atoms with van der Waals surface area (Å²) in [6, 6.07) is 7.49. The van der Waals surface area contributed by atoms with E-state index in [0.717, 1.165) is 11.3 Å². The van der Waals surface area contributed by atoms with Crippen LogP contribution < -0.4 is 10.1 Å². The van der Waals surface area contributed by atoms with E-state index in [9.17, 15) is 9.90 Å². The number of amides is 2. The Balaban J connectivity index is 2.48. The van der Waals surface area contributed by atoms with Crippen molar-refractivity contribution in [2.45, 2.75) is 32.9 Å². The Morgan fingerprint density at radius 3 is 2.80 bits per heavy atom. The van der Waals surface area contributed by atoms with E-state index in [1.54, 1.807) is 18.9 Å². The van der Waals surface area contributed by atoms with Crippen molar-refractivity contribution in [1.29, 1.82) is 0 Å². The van der Waals surface area contributed by atoms with E-state index >= 15 is 0 Å². The molecule has 2 amide bonds. The van der Waals surface area contributed by atoms with Crippen molar-refractivity contribution in [3.63, 3.8) is 0 Å². The average Bonchev–Trinajstić information content (AvgIpc) is 2.43. The first-order valence-electron chi connectivity index (χ1n) is 6.92. The molecule has 0 aromatic heterocycles. The Hall–Kier alpha value is -1.75. The van der Waals surface area contributed by atoms with Gasteiger partial charge in [-0.2, -0.15) is 0 Å². The maximum Gasteiger partial charge on any atom is 0.317 e. The van der Waals surface area contributed by atoms with Gasteiger partial charge in [0.25, 0.3) is 0 Å². The summed E-state index contributed by atoms with van der Waals surface area (Å²) in [4.78, 5) is 13.5. The molecule has 0 radical (unpaired) electrons. The quantitative estimate of drug-likeness (QED) is 0.803. The fourth-order valence-corrected chi connectivity index (χ4v) is 1.73. The summed E-state index contributed by atoms with van der Waals surface area (Å²) >= 11 is 0. The molecule has 112 valence electrons. The van der Waals surface area contributed by atoms with Crippen LogP contribution in [0.1, 0.15) is 25.8 Å². The highest BCUT2D eigenvalue weighted by atomic mass is 16.5. The summed E-state index contributed by atoms with van der Waals surface area (Å²) in [5.41, 5.74) is 0.951. The number of ether oxygens (including phenoxy) is 1. The summed E-state index contributed by atoms with van der Waals surface area (Å²) in [5, 5.41) is 12.1. The zero-order valence-electron chi connectivity index (χ0n) is 12.4. The molecule has 0 heterocycles. The molecule has 0 aliphatic carbocycles. The summed E-state index contributed by atoms with van der Waals surface area (Å²) in [6.45, 7) is 5.19. The lowest BCUT2D eigenvalue weighted by Crippen LogP contribution is -2.38. The van der Waals surface area contributed by atoms with E-state index in [4.69, 9.17) is 4.74 Å². The highest BCUT2D eigenvalue weighted by Gasteiger charge is 2.10. The lowest BCUT2D eigenvalue weighted by Gasteiger charge is -2.19. The van der Waals surface area contributed by atoms with E-state index < -0.39 is 6.10 Å². The van der Waals surface area contributed by atoms with Gasteiger partial charge in [-0.15, -0.1) is 0 Å². The number of urea groups is 1. The van der Waals surface area contributed by atoms with E-state index in [0.29, 0.717) is 26.1 Å². The van der Waals surface area contributed by atoms with Gasteiger partial charge in [-0.05, 0) is 26.3 Å². The van der Waals surface area contributed by atoms with E-state index in [1.165, 1.54) is 0 Å². The molecule has 5 heteroatoms. The highest BCUT2D eigenvalue weighted by Crippen LogP contribution is 2.17. The largest absolute Gasteiger partial charge is 0.494 e. The maximum atomic E-state index is 11.9. The Morgan fingerprint density at radius 2 is 2.15 bits per heavy atom. The van der Waals surface area contributed by atoms with Crippen LogP contribution in [0.15, 0.2) is 24.3 Å². The van der Waals surface area contributed by atoms with Crippen LogP contribution in [0, 0.1) is 0 Å². The van der Waals surface area contributed by atoms with Gasteiger partial charge in [0, 0.05) is 25.7 Å². The minimum absolute atomic E-state index is 0.156. The Kier molecular flexibility index (Phi) is 6.87. The molecule has 0 spiro atoms. The van der Waals surface area contributed by atoms with Crippen molar-refractivity contribution in [1.82, 2.24) is 10.2 Å². The summed E-state index contributed by atoms with van der Waals surface area (Å²) in [6.07, 6.45) is 0.170. The number of para-hydroxylation sites is 1. The molecule has 0 saturated carbocycles. The van der Waals surface area contributed by atoms with Gasteiger partial charge in [0.2, 0.25) is 0 Å². The molecule has 0 aliphatic heterocycles. The van der Waals surface area contributed by atoms with Crippen molar-refractivity contribution >= 4 is 6.03 Å². The minimum atomic E-state index is -0.399. The third-order valence-corrected chi connectivity index (χ3v) is 2.93. The number of aliphatic hydroxyl groups excluding tert-OH is 1. The van der Waals surface area contributed by atoms with Gasteiger partial charge < -0.3 is 20.1 Å². The molecule has 2 N–H and O–H groups in total. The van der Waals surface area contributed by atoms with Gasteiger partial charge in [0.15, 0.2) is 0 Å². The van der Waals surface area contributed by atoms with Crippen molar-refractivity contribution in [2.75, 3.05) is 20.2 Å². The fraction of sp³-hybridized carbons (Fsp3) is 0.533. The summed E-state index contributed by atoms with van der Waals surface area (Å²) in [5.74, 6) is 0.793. The van der Waals surface area contributed by atoms with E-state index in [1.807, 2.05) is 31.2 Å². The number of carbonyl (C=O) groups is 1. The molecule has 1 aromatic carbocycles. The van der Waals surface area contributed by atoms with Crippen LogP contribution >= 0.6 is 0 Å². The van der Waals surface area contributed by atoms with Crippen LogP contribution in [0.5, 0.6) is 5.75 Å². The zero-order chi connectivity index (χ0) is 15.0. The molecule has 5 nitrogen and oxygen atoms in total. The van der Waals surface area contributed by atoms with Crippen LogP contribution in [0.25, 0.3) is 0 Å². The predicted molar refractivity (Wildman–Crippen MR) is 78.8 cm³/mol. The van der Waals surface area contributed by atoms with Gasteiger partial charge in [-0.1, -0.05) is 18.2 Å². The fourth-order valence-electron chi connectivity index (χ4n) is 1.73. The number of nitrogens with zero attached hydrogens (tertiary/aromatic N) is 1. The topological polar surface area (TPSA) is 61.8 Å². The second kappa shape index (κ2) is 8.43. The SMILES string of the molecule is CCOc1ccccc1CNC(=O)N(C)CCC(C)O. The van der Waals surface area contributed by atoms with Crippen molar-refractivity contribution in [3.05, 3.63) is 29.8 Å². The lowest BCUT2D eigenvalue weighted by atomic mass is 10.2. The highest BCUT2D eigenvalue weighted by molar-refractivity contribution is 5.73. The van der Waals surface area contributed by atoms with Crippen molar-refractivity contribution < 1.29 is 14.6 Å². The van der Waals surface area contributed by atoms with Crippen molar-refractivity contribution in [3.8, 4) is 5.75 Å². The zero-order valence-corrected chi connectivity index (χ0v) is 12.4. The smallest absolute Gasteiger partial charge is 0.317 e. The lowest BCUT2D eigenvalue weighted by molar-refractivity contribution is 0.163. The molecule has 1 rings (SSSR count). The number of benzene rings is 1. The maximum absolute atomic E-state index is 11.9. The molecule has 0 saturated heterocycles. The third kappa shape index (κ3) is 5.48. The van der Waals surface area contributed by atoms with Gasteiger partial charge >= 0.3 is 6.03 Å². The van der Waals surface area contributed by atoms with Gasteiger partial charge in [0.1, 0.15) is 5.75 Å². The molecular formula is C15H24N2O3. The second-order valence-electron chi connectivity index (χ2n) is 4.76. The minimum Gasteiger partial charge on any atom is -0.494 e. The first-order valence-corrected chi connectivity index (χ1v) is 6.92. The number of rotatable bonds is 7. The molecular weight excluding hydrogens is 256 g/mol. The predicted octanol–water partition coefficient (Wildman–Crippen LogP) is 2.00. The van der Waals surface area contributed by atoms with Crippen LogP contribution in [0.2, 0.25) is 0 Å². The van der Waals surface area contributed by atoms with Gasteiger partial charge in [-0.25, -0.2) is 4.79 Å². The monoisotopic (exact) mass is 280 g/mol. The van der Waals surface area contributed by atoms with Gasteiger partial charge in [0.05, 0.1) is 12.7 Å². The van der Waals surface area contributed by atoms with E-state index in [-0.39, 0.29) is 6.03 Å². The van der Waals surface area contributed by atoms with Crippen molar-refractivity contribution in [2.24, 2.45) is 0 Å². The second-order valence-corrected chi connectivity index (χ2v) is 4.76. The Labute approximate surface area is 120 Å².